The van der Waals surface area contributed by atoms with Crippen molar-refractivity contribution in [3.05, 3.63) is 24.3 Å². The van der Waals surface area contributed by atoms with Crippen molar-refractivity contribution >= 4 is 5.91 Å². The summed E-state index contributed by atoms with van der Waals surface area (Å²) < 4.78 is 0. The van der Waals surface area contributed by atoms with E-state index >= 15 is 0 Å². The summed E-state index contributed by atoms with van der Waals surface area (Å²) in [4.78, 5) is 12.5. The van der Waals surface area contributed by atoms with E-state index in [1.54, 1.807) is 0 Å². The lowest BCUT2D eigenvalue weighted by molar-refractivity contribution is -0.125. The second-order valence-electron chi connectivity index (χ2n) is 17.8. The average Bonchev–Trinajstić information content (AvgIpc) is 3.20. The van der Waals surface area contributed by atoms with Crippen molar-refractivity contribution in [3.63, 3.8) is 0 Å². The molecule has 4 N–H and O–H groups in total. The summed E-state index contributed by atoms with van der Waals surface area (Å²) in [5.74, 6) is -0.282. The van der Waals surface area contributed by atoms with Crippen LogP contribution < -0.4 is 5.32 Å². The molecule has 3 atom stereocenters. The van der Waals surface area contributed by atoms with Crippen LogP contribution in [0.15, 0.2) is 24.3 Å². The standard InChI is InChI=1S/C52H101NO4/c1-3-5-7-9-11-13-15-17-19-21-22-23-24-25-26-27-28-30-31-33-35-37-39-41-43-45-49(55)47-52(57)53-50(48-54)51(56)46-44-42-40-38-36-34-32-29-20-18-16-14-12-10-8-6-4-2/h22-23,25-26,49-51,54-56H,3-21,24,27-48H2,1-2H3,(H,53,57)/b23-22-,26-25-. The molecule has 0 aliphatic rings. The van der Waals surface area contributed by atoms with Crippen LogP contribution >= 0.6 is 0 Å². The van der Waals surface area contributed by atoms with E-state index in [-0.39, 0.29) is 18.9 Å². The van der Waals surface area contributed by atoms with Gasteiger partial charge in [0.15, 0.2) is 0 Å². The van der Waals surface area contributed by atoms with E-state index in [1.807, 2.05) is 0 Å². The van der Waals surface area contributed by atoms with Gasteiger partial charge in [0.2, 0.25) is 5.91 Å². The maximum atomic E-state index is 12.5. The lowest BCUT2D eigenvalue weighted by Gasteiger charge is -2.23. The van der Waals surface area contributed by atoms with Gasteiger partial charge in [-0.25, -0.2) is 0 Å². The third-order valence-corrected chi connectivity index (χ3v) is 12.0. The molecule has 5 nitrogen and oxygen atoms in total. The van der Waals surface area contributed by atoms with E-state index in [4.69, 9.17) is 0 Å². The molecule has 338 valence electrons. The molecule has 0 saturated heterocycles. The second kappa shape index (κ2) is 47.5. The molecule has 0 aliphatic carbocycles. The van der Waals surface area contributed by atoms with Crippen LogP contribution in [0.1, 0.15) is 277 Å². The predicted octanol–water partition coefficient (Wildman–Crippen LogP) is 15.3. The number of hydrogen-bond donors (Lipinski definition) is 4. The van der Waals surface area contributed by atoms with Crippen molar-refractivity contribution in [2.45, 2.75) is 295 Å². The second-order valence-corrected chi connectivity index (χ2v) is 17.8. The normalized spacial score (nSPS) is 13.6. The molecule has 0 aromatic heterocycles. The summed E-state index contributed by atoms with van der Waals surface area (Å²) in [5, 5.41) is 33.5. The van der Waals surface area contributed by atoms with Gasteiger partial charge in [0.1, 0.15) is 0 Å². The predicted molar refractivity (Wildman–Crippen MR) is 250 cm³/mol. The Morgan fingerprint density at radius 2 is 0.754 bits per heavy atom. The first-order valence-electron chi connectivity index (χ1n) is 25.6. The Hall–Kier alpha value is -1.17. The molecular weight excluding hydrogens is 703 g/mol. The minimum atomic E-state index is -0.749. The largest absolute Gasteiger partial charge is 0.394 e. The molecule has 0 spiro atoms. The molecular formula is C52H101NO4. The van der Waals surface area contributed by atoms with Crippen LogP contribution in [0.2, 0.25) is 0 Å². The Labute approximate surface area is 356 Å². The molecule has 0 aliphatic heterocycles. The summed E-state index contributed by atoms with van der Waals surface area (Å²) in [7, 11) is 0. The fourth-order valence-corrected chi connectivity index (χ4v) is 8.08. The van der Waals surface area contributed by atoms with Gasteiger partial charge >= 0.3 is 0 Å². The van der Waals surface area contributed by atoms with Crippen molar-refractivity contribution in [1.29, 1.82) is 0 Å². The molecule has 0 saturated carbocycles. The zero-order valence-electron chi connectivity index (χ0n) is 38.5. The number of allylic oxidation sites excluding steroid dienone is 4. The van der Waals surface area contributed by atoms with Crippen molar-refractivity contribution in [2.75, 3.05) is 6.61 Å². The van der Waals surface area contributed by atoms with Crippen molar-refractivity contribution in [3.8, 4) is 0 Å². The third kappa shape index (κ3) is 44.2. The van der Waals surface area contributed by atoms with Gasteiger partial charge in [0.05, 0.1) is 31.3 Å². The summed E-state index contributed by atoms with van der Waals surface area (Å²) in [6, 6.07) is -0.659. The van der Waals surface area contributed by atoms with Gasteiger partial charge in [-0.2, -0.15) is 0 Å². The van der Waals surface area contributed by atoms with Crippen molar-refractivity contribution < 1.29 is 20.1 Å². The Morgan fingerprint density at radius 1 is 0.439 bits per heavy atom. The molecule has 0 radical (unpaired) electrons. The SMILES string of the molecule is CCCCCCCCCCC/C=C\C/C=C\CCCCCCCCCCCC(O)CC(=O)NC(CO)C(O)CCCCCCCCCCCCCCCCCCC. The van der Waals surface area contributed by atoms with E-state index in [2.05, 4.69) is 43.5 Å². The summed E-state index contributed by atoms with van der Waals surface area (Å²) >= 11 is 0. The van der Waals surface area contributed by atoms with E-state index in [0.29, 0.717) is 12.8 Å². The fraction of sp³-hybridized carbons (Fsp3) is 0.904. The first-order chi connectivity index (χ1) is 28.0. The number of aliphatic hydroxyl groups is 3. The smallest absolute Gasteiger partial charge is 0.222 e. The molecule has 0 rings (SSSR count). The topological polar surface area (TPSA) is 89.8 Å². The van der Waals surface area contributed by atoms with E-state index in [9.17, 15) is 20.1 Å². The molecule has 0 fully saturated rings. The minimum absolute atomic E-state index is 0.0354. The molecule has 0 aromatic rings. The van der Waals surface area contributed by atoms with Crippen LogP contribution in [-0.4, -0.2) is 46.1 Å². The van der Waals surface area contributed by atoms with Gasteiger partial charge < -0.3 is 20.6 Å². The quantitative estimate of drug-likeness (QED) is 0.0364. The Kier molecular flexibility index (Phi) is 46.5. The van der Waals surface area contributed by atoms with Crippen LogP contribution in [-0.2, 0) is 4.79 Å². The summed E-state index contributed by atoms with van der Waals surface area (Å²) in [5.41, 5.74) is 0. The van der Waals surface area contributed by atoms with E-state index in [1.165, 1.54) is 212 Å². The van der Waals surface area contributed by atoms with Gasteiger partial charge in [-0.1, -0.05) is 250 Å². The van der Waals surface area contributed by atoms with Crippen LogP contribution in [0.4, 0.5) is 0 Å². The monoisotopic (exact) mass is 804 g/mol. The Bertz CT molecular complexity index is 844. The lowest BCUT2D eigenvalue weighted by atomic mass is 10.0. The molecule has 1 amide bonds. The highest BCUT2D eigenvalue weighted by atomic mass is 16.3. The number of aliphatic hydroxyl groups excluding tert-OH is 3. The number of amides is 1. The number of hydrogen-bond acceptors (Lipinski definition) is 4. The van der Waals surface area contributed by atoms with Crippen LogP contribution in [0.3, 0.4) is 0 Å². The first kappa shape index (κ1) is 55.8. The molecule has 57 heavy (non-hydrogen) atoms. The molecule has 5 heteroatoms. The summed E-state index contributed by atoms with van der Waals surface area (Å²) in [6.45, 7) is 4.28. The average molecular weight is 804 g/mol. The maximum absolute atomic E-state index is 12.5. The highest BCUT2D eigenvalue weighted by Crippen LogP contribution is 2.17. The summed E-state index contributed by atoms with van der Waals surface area (Å²) in [6.07, 6.45) is 58.8. The van der Waals surface area contributed by atoms with Gasteiger partial charge in [-0.15, -0.1) is 0 Å². The van der Waals surface area contributed by atoms with Crippen LogP contribution in [0.5, 0.6) is 0 Å². The molecule has 0 heterocycles. The Morgan fingerprint density at radius 3 is 1.11 bits per heavy atom. The minimum Gasteiger partial charge on any atom is -0.394 e. The number of carbonyl (C=O) groups excluding carboxylic acids is 1. The number of nitrogens with one attached hydrogen (secondary N) is 1. The van der Waals surface area contributed by atoms with Gasteiger partial charge in [-0.3, -0.25) is 4.79 Å². The maximum Gasteiger partial charge on any atom is 0.222 e. The van der Waals surface area contributed by atoms with Gasteiger partial charge in [0, 0.05) is 0 Å². The molecule has 0 aromatic carbocycles. The van der Waals surface area contributed by atoms with Crippen LogP contribution in [0.25, 0.3) is 0 Å². The highest BCUT2D eigenvalue weighted by molar-refractivity contribution is 5.76. The number of unbranched alkanes of at least 4 members (excludes halogenated alkanes) is 34. The first-order valence-corrected chi connectivity index (χ1v) is 25.6. The number of carbonyl (C=O) groups is 1. The van der Waals surface area contributed by atoms with Crippen molar-refractivity contribution in [2.24, 2.45) is 0 Å². The van der Waals surface area contributed by atoms with Crippen LogP contribution in [0, 0.1) is 0 Å². The third-order valence-electron chi connectivity index (χ3n) is 12.0. The Balaban J connectivity index is 3.57. The van der Waals surface area contributed by atoms with Crippen molar-refractivity contribution in [1.82, 2.24) is 5.32 Å². The zero-order chi connectivity index (χ0) is 41.5. The molecule has 3 unspecified atom stereocenters. The zero-order valence-corrected chi connectivity index (χ0v) is 38.5. The van der Waals surface area contributed by atoms with Gasteiger partial charge in [0.25, 0.3) is 0 Å². The van der Waals surface area contributed by atoms with Gasteiger partial charge in [-0.05, 0) is 44.9 Å². The number of rotatable bonds is 47. The lowest BCUT2D eigenvalue weighted by Crippen LogP contribution is -2.46. The van der Waals surface area contributed by atoms with E-state index < -0.39 is 18.2 Å². The van der Waals surface area contributed by atoms with E-state index in [0.717, 1.165) is 32.1 Å². The highest BCUT2D eigenvalue weighted by Gasteiger charge is 2.21. The molecule has 0 bridgehead atoms. The fourth-order valence-electron chi connectivity index (χ4n) is 8.08.